The number of hydrogen-bond donors (Lipinski definition) is 5. The molecule has 0 fully saturated rings. The molecule has 14 nitrogen and oxygen atoms in total. The van der Waals surface area contributed by atoms with E-state index in [4.69, 9.17) is 18.9 Å². The summed E-state index contributed by atoms with van der Waals surface area (Å²) in [5, 5.41) is 38.7. The summed E-state index contributed by atoms with van der Waals surface area (Å²) in [6, 6.07) is 5.35. The molecule has 0 aromatic heterocycles. The van der Waals surface area contributed by atoms with E-state index in [-0.39, 0.29) is 28.4 Å². The second kappa shape index (κ2) is 13.7. The number of aromatic hydroxyl groups is 1. The zero-order chi connectivity index (χ0) is 33.7. The van der Waals surface area contributed by atoms with Crippen molar-refractivity contribution in [1.29, 1.82) is 5.26 Å². The average Bonchev–Trinajstić information content (AvgIpc) is 2.91. The average molecular weight is 627 g/mol. The van der Waals surface area contributed by atoms with Crippen LogP contribution < -0.4 is 25.4 Å². The molecule has 0 radical (unpaired) electrons. The van der Waals surface area contributed by atoms with Crippen LogP contribution in [0.1, 0.15) is 71.2 Å². The normalized spacial score (nSPS) is 20.5. The Hall–Kier alpha value is -5.03. The molecule has 4 rings (SSSR count). The quantitative estimate of drug-likeness (QED) is 0.312. The number of nitrogens with zero attached hydrogens (tertiary/aromatic N) is 1. The van der Waals surface area contributed by atoms with Crippen molar-refractivity contribution in [2.45, 2.75) is 83.4 Å². The highest BCUT2D eigenvalue weighted by Gasteiger charge is 2.37. The third-order valence-electron chi connectivity index (χ3n) is 6.17. The van der Waals surface area contributed by atoms with E-state index in [1.54, 1.807) is 47.6 Å². The molecule has 0 saturated carbocycles. The summed E-state index contributed by atoms with van der Waals surface area (Å²) in [5.41, 5.74) is -1.70. The van der Waals surface area contributed by atoms with Gasteiger partial charge < -0.3 is 45.1 Å². The fraction of sp³-hybridized carbons (Fsp3) is 0.452. The lowest BCUT2D eigenvalue weighted by Crippen LogP contribution is -2.56. The van der Waals surface area contributed by atoms with Gasteiger partial charge in [0.25, 0.3) is 0 Å². The van der Waals surface area contributed by atoms with Gasteiger partial charge in [-0.1, -0.05) is 12.1 Å². The number of amides is 3. The summed E-state index contributed by atoms with van der Waals surface area (Å²) in [6.07, 6.45) is -3.22. The number of phenolic OH excluding ortho intramolecular Hbond substituents is 1. The first-order valence-electron chi connectivity index (χ1n) is 14.0. The number of nitriles is 1. The molecule has 4 atom stereocenters. The molecule has 0 spiro atoms. The summed E-state index contributed by atoms with van der Waals surface area (Å²) in [4.78, 5) is 53.1. The van der Waals surface area contributed by atoms with Crippen LogP contribution in [0.2, 0.25) is 0 Å². The molecule has 5 N–H and O–H groups in total. The molecule has 45 heavy (non-hydrogen) atoms. The summed E-state index contributed by atoms with van der Waals surface area (Å²) in [7, 11) is 1.30. The number of carbonyl (C=O) groups is 4. The van der Waals surface area contributed by atoms with Crippen LogP contribution in [0, 0.1) is 11.3 Å². The van der Waals surface area contributed by atoms with Gasteiger partial charge in [0.1, 0.15) is 35.1 Å². The Labute approximate surface area is 260 Å². The number of aliphatic hydroxyl groups excluding tert-OH is 1. The second-order valence-corrected chi connectivity index (χ2v) is 12.2. The number of rotatable bonds is 4. The largest absolute Gasteiger partial charge is 0.504 e. The standard InChI is InChI=1S/C31H38N4O10/c1-30(2,3)44-28(40)22-17-14-20(36)25(42-7)21(15-17)43-18-10-8-16(9-11-18)24(37)23(35-29(41)45-31(4,5)6)27(39)33-19(12-13-32)26(38)34-22/h8-11,14-15,19,22-24,36-37H,12H2,1-7H3,(H,33,39)(H,34,38)(H,35,41)/t19-,22-,23-,24-/m0/s1. The van der Waals surface area contributed by atoms with Crippen LogP contribution in [-0.4, -0.2) is 64.5 Å². The Morgan fingerprint density at radius 2 is 1.60 bits per heavy atom. The zero-order valence-electron chi connectivity index (χ0n) is 26.1. The fourth-order valence-electron chi connectivity index (χ4n) is 4.27. The van der Waals surface area contributed by atoms with Crippen LogP contribution in [0.15, 0.2) is 36.4 Å². The number of fused-ring (bicyclic) bond motifs is 9. The number of aliphatic hydroxyl groups is 1. The lowest BCUT2D eigenvalue weighted by Gasteiger charge is -2.29. The number of benzene rings is 2. The van der Waals surface area contributed by atoms with Crippen molar-refractivity contribution in [3.63, 3.8) is 0 Å². The summed E-state index contributed by atoms with van der Waals surface area (Å²) in [5.74, 6) is -3.22. The van der Waals surface area contributed by atoms with Crippen molar-refractivity contribution in [3.05, 3.63) is 47.5 Å². The van der Waals surface area contributed by atoms with Gasteiger partial charge >= 0.3 is 12.1 Å². The molecule has 2 aromatic rings. The molecule has 3 amide bonds. The molecule has 0 saturated heterocycles. The van der Waals surface area contributed by atoms with E-state index in [1.165, 1.54) is 43.5 Å². The number of alkyl carbamates (subject to hydrolysis) is 1. The molecule has 0 unspecified atom stereocenters. The maximum Gasteiger partial charge on any atom is 0.408 e. The Morgan fingerprint density at radius 3 is 2.16 bits per heavy atom. The minimum Gasteiger partial charge on any atom is -0.504 e. The van der Waals surface area contributed by atoms with Gasteiger partial charge in [-0.25, -0.2) is 9.59 Å². The maximum atomic E-state index is 13.5. The van der Waals surface area contributed by atoms with Gasteiger partial charge in [0, 0.05) is 0 Å². The van der Waals surface area contributed by atoms with Gasteiger partial charge in [0.2, 0.25) is 17.6 Å². The molecule has 14 heteroatoms. The number of hydrogen-bond acceptors (Lipinski definition) is 11. The first kappa shape index (κ1) is 34.5. The Kier molecular flexibility index (Phi) is 10.5. The zero-order valence-corrected chi connectivity index (χ0v) is 26.1. The third kappa shape index (κ3) is 9.23. The molecule has 2 heterocycles. The van der Waals surface area contributed by atoms with E-state index in [0.717, 1.165) is 0 Å². The number of nitrogens with one attached hydrogen (secondary N) is 3. The Bertz CT molecular complexity index is 1470. The molecule has 242 valence electrons. The number of carbonyl (C=O) groups excluding carboxylic acids is 4. The highest BCUT2D eigenvalue weighted by molar-refractivity contribution is 5.94. The highest BCUT2D eigenvalue weighted by atomic mass is 16.6. The van der Waals surface area contributed by atoms with Gasteiger partial charge in [-0.15, -0.1) is 0 Å². The minimum absolute atomic E-state index is 0.0259. The fourth-order valence-corrected chi connectivity index (χ4v) is 4.27. The third-order valence-corrected chi connectivity index (χ3v) is 6.17. The lowest BCUT2D eigenvalue weighted by atomic mass is 10.00. The number of esters is 1. The molecule has 2 aliphatic rings. The van der Waals surface area contributed by atoms with Gasteiger partial charge in [-0.2, -0.15) is 5.26 Å². The summed E-state index contributed by atoms with van der Waals surface area (Å²) in [6.45, 7) is 9.69. The predicted octanol–water partition coefficient (Wildman–Crippen LogP) is 3.03. The minimum atomic E-state index is -1.68. The number of phenols is 1. The Balaban J connectivity index is 2.18. The van der Waals surface area contributed by atoms with Crippen LogP contribution in [0.5, 0.6) is 23.0 Å². The van der Waals surface area contributed by atoms with Crippen molar-refractivity contribution in [2.75, 3.05) is 7.11 Å². The van der Waals surface area contributed by atoms with Crippen molar-refractivity contribution >= 4 is 23.9 Å². The lowest BCUT2D eigenvalue weighted by molar-refractivity contribution is -0.159. The van der Waals surface area contributed by atoms with Crippen molar-refractivity contribution in [1.82, 2.24) is 16.0 Å². The van der Waals surface area contributed by atoms with Crippen molar-refractivity contribution < 1.29 is 48.3 Å². The van der Waals surface area contributed by atoms with E-state index in [9.17, 15) is 34.7 Å². The van der Waals surface area contributed by atoms with Gasteiger partial charge in [-0.3, -0.25) is 9.59 Å². The molecule has 4 bridgehead atoms. The van der Waals surface area contributed by atoms with E-state index < -0.39 is 71.5 Å². The molecule has 2 aliphatic heterocycles. The summed E-state index contributed by atoms with van der Waals surface area (Å²) >= 11 is 0. The van der Waals surface area contributed by atoms with Gasteiger partial charge in [0.15, 0.2) is 17.5 Å². The van der Waals surface area contributed by atoms with E-state index >= 15 is 0 Å². The van der Waals surface area contributed by atoms with Crippen LogP contribution in [0.25, 0.3) is 0 Å². The van der Waals surface area contributed by atoms with Crippen LogP contribution >= 0.6 is 0 Å². The first-order chi connectivity index (χ1) is 20.9. The topological polar surface area (TPSA) is 206 Å². The SMILES string of the molecule is COc1c(O)cc2cc1Oc1ccc(cc1)[C@H](O)[C@H](NC(=O)OC(C)(C)C)C(=O)N[C@@H](CC#N)C(=O)N[C@@H]2C(=O)OC(C)(C)C. The first-order valence-corrected chi connectivity index (χ1v) is 14.0. The Morgan fingerprint density at radius 1 is 0.978 bits per heavy atom. The van der Waals surface area contributed by atoms with Gasteiger partial charge in [-0.05, 0) is 76.9 Å². The van der Waals surface area contributed by atoms with Crippen LogP contribution in [-0.2, 0) is 23.9 Å². The molecular formula is C31H38N4O10. The summed E-state index contributed by atoms with van der Waals surface area (Å²) < 4.78 is 22.0. The highest BCUT2D eigenvalue weighted by Crippen LogP contribution is 2.42. The predicted molar refractivity (Wildman–Crippen MR) is 158 cm³/mol. The van der Waals surface area contributed by atoms with E-state index in [0.29, 0.717) is 0 Å². The van der Waals surface area contributed by atoms with Crippen LogP contribution in [0.3, 0.4) is 0 Å². The van der Waals surface area contributed by atoms with E-state index in [2.05, 4.69) is 16.0 Å². The molecule has 0 aliphatic carbocycles. The van der Waals surface area contributed by atoms with Crippen molar-refractivity contribution in [3.8, 4) is 29.1 Å². The van der Waals surface area contributed by atoms with E-state index in [1.807, 2.05) is 0 Å². The smallest absolute Gasteiger partial charge is 0.408 e. The van der Waals surface area contributed by atoms with Crippen LogP contribution in [0.4, 0.5) is 4.79 Å². The number of methoxy groups -OCH3 is 1. The molecule has 2 aromatic carbocycles. The number of ether oxygens (including phenoxy) is 4. The maximum absolute atomic E-state index is 13.5. The van der Waals surface area contributed by atoms with Gasteiger partial charge in [0.05, 0.1) is 19.6 Å². The van der Waals surface area contributed by atoms with Crippen molar-refractivity contribution in [2.24, 2.45) is 0 Å². The second-order valence-electron chi connectivity index (χ2n) is 12.2. The molecular weight excluding hydrogens is 588 g/mol. The monoisotopic (exact) mass is 626 g/mol.